The highest BCUT2D eigenvalue weighted by Gasteiger charge is 2.31. The molecule has 4 rings (SSSR count). The van der Waals surface area contributed by atoms with Crippen LogP contribution in [0, 0.1) is 0 Å². The van der Waals surface area contributed by atoms with E-state index in [1.165, 1.54) is 10.2 Å². The van der Waals surface area contributed by atoms with Crippen molar-refractivity contribution in [2.24, 2.45) is 12.0 Å². The number of nitrogens with zero attached hydrogens (tertiary/aromatic N) is 3. The van der Waals surface area contributed by atoms with Gasteiger partial charge in [0.1, 0.15) is 11.4 Å². The second-order valence-corrected chi connectivity index (χ2v) is 6.94. The molecule has 25 heavy (non-hydrogen) atoms. The lowest BCUT2D eigenvalue weighted by molar-refractivity contribution is 0.138. The summed E-state index contributed by atoms with van der Waals surface area (Å²) in [4.78, 5) is 16.8. The number of aryl methyl sites for hydroxylation is 1. The summed E-state index contributed by atoms with van der Waals surface area (Å²) in [6, 6.07) is 11.6. The monoisotopic (exact) mass is 333 g/mol. The number of para-hydroxylation sites is 1. The van der Waals surface area contributed by atoms with E-state index in [9.17, 15) is 4.79 Å². The lowest BCUT2D eigenvalue weighted by atomic mass is 10.0. The highest BCUT2D eigenvalue weighted by atomic mass is 16.5. The van der Waals surface area contributed by atoms with Crippen molar-refractivity contribution in [3.05, 3.63) is 64.1 Å². The molecule has 0 aliphatic carbocycles. The maximum atomic E-state index is 12.2. The highest BCUT2D eigenvalue weighted by Crippen LogP contribution is 2.37. The molecule has 0 bridgehead atoms. The standard InChI is InChI=1S/C20H19N3O2/c1-20(2)10-13-6-4-7-14(18(13)25-20)11-21-17-9-5-8-15-16(17)12-22-23(3)19(15)24/h4-9,11-12H,10H2,1-3H3. The molecule has 0 N–H and O–H groups in total. The molecular formula is C20H19N3O2. The van der Waals surface area contributed by atoms with Crippen LogP contribution in [-0.2, 0) is 13.5 Å². The first-order valence-electron chi connectivity index (χ1n) is 8.25. The van der Waals surface area contributed by atoms with Gasteiger partial charge in [0.25, 0.3) is 5.56 Å². The second-order valence-electron chi connectivity index (χ2n) is 6.94. The zero-order chi connectivity index (χ0) is 17.6. The van der Waals surface area contributed by atoms with Crippen LogP contribution in [-0.4, -0.2) is 21.6 Å². The largest absolute Gasteiger partial charge is 0.487 e. The summed E-state index contributed by atoms with van der Waals surface area (Å²) in [6.07, 6.45) is 4.36. The molecular weight excluding hydrogens is 314 g/mol. The van der Waals surface area contributed by atoms with Gasteiger partial charge in [-0.25, -0.2) is 4.68 Å². The van der Waals surface area contributed by atoms with E-state index in [0.717, 1.165) is 28.8 Å². The third kappa shape index (κ3) is 2.71. The Kier molecular flexibility index (Phi) is 3.46. The lowest BCUT2D eigenvalue weighted by Crippen LogP contribution is -2.24. The van der Waals surface area contributed by atoms with Crippen molar-refractivity contribution in [1.29, 1.82) is 0 Å². The summed E-state index contributed by atoms with van der Waals surface area (Å²) < 4.78 is 7.41. The average Bonchev–Trinajstić information content (AvgIpc) is 2.90. The fourth-order valence-corrected chi connectivity index (χ4v) is 3.24. The smallest absolute Gasteiger partial charge is 0.274 e. The molecule has 0 unspecified atom stereocenters. The summed E-state index contributed by atoms with van der Waals surface area (Å²) in [6.45, 7) is 4.17. The van der Waals surface area contributed by atoms with Gasteiger partial charge in [-0.3, -0.25) is 9.79 Å². The van der Waals surface area contributed by atoms with Gasteiger partial charge < -0.3 is 4.74 Å². The summed E-state index contributed by atoms with van der Waals surface area (Å²) >= 11 is 0. The van der Waals surface area contributed by atoms with Crippen molar-refractivity contribution in [1.82, 2.24) is 9.78 Å². The lowest BCUT2D eigenvalue weighted by Gasteiger charge is -2.17. The Bertz CT molecular complexity index is 1060. The van der Waals surface area contributed by atoms with Crippen LogP contribution >= 0.6 is 0 Å². The average molecular weight is 333 g/mol. The van der Waals surface area contributed by atoms with E-state index >= 15 is 0 Å². The molecule has 0 radical (unpaired) electrons. The molecule has 2 heterocycles. The highest BCUT2D eigenvalue weighted by molar-refractivity contribution is 5.95. The van der Waals surface area contributed by atoms with Gasteiger partial charge in [-0.1, -0.05) is 18.2 Å². The molecule has 126 valence electrons. The molecule has 1 aliphatic rings. The SMILES string of the molecule is Cn1ncc2c(N=Cc3cccc4c3OC(C)(C)C4)cccc2c1=O. The van der Waals surface area contributed by atoms with E-state index < -0.39 is 0 Å². The van der Waals surface area contributed by atoms with Crippen LogP contribution in [0.25, 0.3) is 10.8 Å². The van der Waals surface area contributed by atoms with Crippen LogP contribution in [0.3, 0.4) is 0 Å². The fraction of sp³-hybridized carbons (Fsp3) is 0.250. The Balaban J connectivity index is 1.78. The predicted molar refractivity (Wildman–Crippen MR) is 99.1 cm³/mol. The minimum atomic E-state index is -0.193. The van der Waals surface area contributed by atoms with E-state index in [-0.39, 0.29) is 11.2 Å². The minimum absolute atomic E-state index is 0.125. The van der Waals surface area contributed by atoms with Gasteiger partial charge in [0.05, 0.1) is 17.3 Å². The van der Waals surface area contributed by atoms with Gasteiger partial charge in [0, 0.05) is 30.6 Å². The van der Waals surface area contributed by atoms with Gasteiger partial charge in [-0.2, -0.15) is 5.10 Å². The maximum Gasteiger partial charge on any atom is 0.274 e. The van der Waals surface area contributed by atoms with Gasteiger partial charge >= 0.3 is 0 Å². The second kappa shape index (κ2) is 5.55. The quantitative estimate of drug-likeness (QED) is 0.675. The van der Waals surface area contributed by atoms with Crippen molar-refractivity contribution in [2.75, 3.05) is 0 Å². The van der Waals surface area contributed by atoms with Crippen molar-refractivity contribution < 1.29 is 4.74 Å². The molecule has 5 nitrogen and oxygen atoms in total. The van der Waals surface area contributed by atoms with Crippen LogP contribution < -0.4 is 10.3 Å². The predicted octanol–water partition coefficient (Wildman–Crippen LogP) is 3.40. The summed E-state index contributed by atoms with van der Waals surface area (Å²) in [7, 11) is 1.64. The zero-order valence-corrected chi connectivity index (χ0v) is 14.5. The minimum Gasteiger partial charge on any atom is -0.487 e. The number of fused-ring (bicyclic) bond motifs is 2. The van der Waals surface area contributed by atoms with Crippen LogP contribution in [0.15, 0.2) is 52.4 Å². The van der Waals surface area contributed by atoms with E-state index in [0.29, 0.717) is 5.39 Å². The van der Waals surface area contributed by atoms with Crippen LogP contribution in [0.4, 0.5) is 5.69 Å². The van der Waals surface area contributed by atoms with E-state index in [4.69, 9.17) is 4.74 Å². The topological polar surface area (TPSA) is 56.5 Å². The Hall–Kier alpha value is -2.95. The molecule has 1 aliphatic heterocycles. The number of aromatic nitrogens is 2. The first kappa shape index (κ1) is 15.6. The first-order chi connectivity index (χ1) is 11.9. The van der Waals surface area contributed by atoms with Crippen LogP contribution in [0.2, 0.25) is 0 Å². The fourth-order valence-electron chi connectivity index (χ4n) is 3.24. The Morgan fingerprint density at radius 3 is 2.84 bits per heavy atom. The normalized spacial score (nSPS) is 15.5. The first-order valence-corrected chi connectivity index (χ1v) is 8.25. The number of benzene rings is 2. The Morgan fingerprint density at radius 1 is 1.20 bits per heavy atom. The summed E-state index contributed by atoms with van der Waals surface area (Å²) in [5.41, 5.74) is 2.54. The van der Waals surface area contributed by atoms with Gasteiger partial charge in [-0.15, -0.1) is 0 Å². The molecule has 0 saturated carbocycles. The van der Waals surface area contributed by atoms with Gasteiger partial charge in [0.15, 0.2) is 0 Å². The third-order valence-electron chi connectivity index (χ3n) is 4.43. The number of hydrogen-bond donors (Lipinski definition) is 0. The molecule has 2 aromatic carbocycles. The third-order valence-corrected chi connectivity index (χ3v) is 4.43. The summed E-state index contributed by atoms with van der Waals surface area (Å²) in [5, 5.41) is 5.46. The van der Waals surface area contributed by atoms with E-state index in [2.05, 4.69) is 30.0 Å². The maximum absolute atomic E-state index is 12.2. The zero-order valence-electron chi connectivity index (χ0n) is 14.5. The number of rotatable bonds is 2. The molecule has 1 aromatic heterocycles. The van der Waals surface area contributed by atoms with Gasteiger partial charge in [0.2, 0.25) is 0 Å². The number of aliphatic imine (C=N–C) groups is 1. The molecule has 0 amide bonds. The number of ether oxygens (including phenoxy) is 1. The molecule has 0 saturated heterocycles. The molecule has 0 atom stereocenters. The Morgan fingerprint density at radius 2 is 2.00 bits per heavy atom. The van der Waals surface area contributed by atoms with Crippen molar-refractivity contribution in [3.8, 4) is 5.75 Å². The van der Waals surface area contributed by atoms with Crippen molar-refractivity contribution >= 4 is 22.7 Å². The van der Waals surface area contributed by atoms with Crippen LogP contribution in [0.5, 0.6) is 5.75 Å². The molecule has 0 spiro atoms. The van der Waals surface area contributed by atoms with Crippen molar-refractivity contribution in [2.45, 2.75) is 25.9 Å². The van der Waals surface area contributed by atoms with Crippen LogP contribution in [0.1, 0.15) is 25.0 Å². The molecule has 3 aromatic rings. The number of hydrogen-bond acceptors (Lipinski definition) is 4. The molecule has 0 fully saturated rings. The Labute approximate surface area is 145 Å². The van der Waals surface area contributed by atoms with Crippen molar-refractivity contribution in [3.63, 3.8) is 0 Å². The van der Waals surface area contributed by atoms with E-state index in [1.54, 1.807) is 25.5 Å². The van der Waals surface area contributed by atoms with Gasteiger partial charge in [-0.05, 0) is 37.6 Å². The molecule has 5 heteroatoms. The summed E-state index contributed by atoms with van der Waals surface area (Å²) in [5.74, 6) is 0.894. The van der Waals surface area contributed by atoms with E-state index in [1.807, 2.05) is 24.3 Å².